The van der Waals surface area contributed by atoms with Gasteiger partial charge < -0.3 is 8.92 Å². The van der Waals surface area contributed by atoms with E-state index in [4.69, 9.17) is 8.92 Å². The van der Waals surface area contributed by atoms with Crippen molar-refractivity contribution in [2.75, 3.05) is 5.32 Å². The number of anilines is 1. The van der Waals surface area contributed by atoms with E-state index in [2.05, 4.69) is 10.3 Å². The maximum atomic E-state index is 12.2. The zero-order valence-electron chi connectivity index (χ0n) is 14.2. The van der Waals surface area contributed by atoms with Crippen molar-refractivity contribution in [2.45, 2.75) is 30.6 Å². The Kier molecular flexibility index (Phi) is 4.91. The van der Waals surface area contributed by atoms with Gasteiger partial charge in [-0.25, -0.2) is 9.78 Å². The van der Waals surface area contributed by atoms with Gasteiger partial charge in [-0.2, -0.15) is 8.42 Å². The van der Waals surface area contributed by atoms with Crippen molar-refractivity contribution in [3.8, 4) is 5.75 Å². The number of hydrogen-bond acceptors (Lipinski definition) is 8. The van der Waals surface area contributed by atoms with Crippen molar-refractivity contribution in [3.63, 3.8) is 0 Å². The minimum Gasteiger partial charge on any atom is -0.444 e. The zero-order chi connectivity index (χ0) is 18.9. The molecule has 10 heteroatoms. The fraction of sp³-hybridized carbons (Fsp3) is 0.250. The van der Waals surface area contributed by atoms with Crippen molar-refractivity contribution < 1.29 is 22.1 Å². The van der Waals surface area contributed by atoms with Crippen molar-refractivity contribution in [2.24, 2.45) is 0 Å². The minimum absolute atomic E-state index is 0.134. The highest BCUT2D eigenvalue weighted by Gasteiger charge is 2.19. The van der Waals surface area contributed by atoms with Crippen LogP contribution >= 0.6 is 22.7 Å². The number of aromatic nitrogens is 1. The molecule has 1 amide bonds. The van der Waals surface area contributed by atoms with Crippen molar-refractivity contribution in [1.82, 2.24) is 4.98 Å². The number of ether oxygens (including phenoxy) is 1. The van der Waals surface area contributed by atoms with Gasteiger partial charge in [-0.3, -0.25) is 5.32 Å². The standard InChI is InChI=1S/C16H16N2O5S3/c1-16(2,3)22-15(19)18-14-17-11-7-6-10(9-12(11)25-14)23-26(20,21)13-5-4-8-24-13/h4-9H,1-3H3,(H,17,18,19). The molecule has 7 nitrogen and oxygen atoms in total. The highest BCUT2D eigenvalue weighted by Crippen LogP contribution is 2.31. The average Bonchev–Trinajstić information content (AvgIpc) is 3.12. The summed E-state index contributed by atoms with van der Waals surface area (Å²) in [5.41, 5.74) is -0.000269. The number of nitrogens with one attached hydrogen (secondary N) is 1. The van der Waals surface area contributed by atoms with E-state index < -0.39 is 21.8 Å². The molecule has 1 aromatic carbocycles. The molecule has 0 spiro atoms. The molecule has 0 aliphatic rings. The van der Waals surface area contributed by atoms with E-state index in [0.717, 1.165) is 11.3 Å². The van der Waals surface area contributed by atoms with Gasteiger partial charge in [0.25, 0.3) is 0 Å². The van der Waals surface area contributed by atoms with E-state index in [1.807, 2.05) is 0 Å². The third-order valence-electron chi connectivity index (χ3n) is 2.92. The van der Waals surface area contributed by atoms with Crippen LogP contribution in [0.25, 0.3) is 10.2 Å². The summed E-state index contributed by atoms with van der Waals surface area (Å²) < 4.78 is 35.5. The van der Waals surface area contributed by atoms with Gasteiger partial charge in [0.1, 0.15) is 11.4 Å². The summed E-state index contributed by atoms with van der Waals surface area (Å²) >= 11 is 2.28. The van der Waals surface area contributed by atoms with Crippen LogP contribution in [0.4, 0.5) is 9.93 Å². The predicted molar refractivity (Wildman–Crippen MR) is 102 cm³/mol. The first-order valence-electron chi connectivity index (χ1n) is 7.51. The fourth-order valence-corrected chi connectivity index (χ4v) is 4.73. The van der Waals surface area contributed by atoms with Crippen LogP contribution in [0, 0.1) is 0 Å². The van der Waals surface area contributed by atoms with Gasteiger partial charge in [0.2, 0.25) is 0 Å². The lowest BCUT2D eigenvalue weighted by molar-refractivity contribution is 0.0636. The molecular weight excluding hydrogens is 396 g/mol. The molecule has 0 fully saturated rings. The molecule has 0 unspecified atom stereocenters. The van der Waals surface area contributed by atoms with Crippen LogP contribution in [0.3, 0.4) is 0 Å². The molecule has 0 aliphatic carbocycles. The van der Waals surface area contributed by atoms with Gasteiger partial charge in [0.15, 0.2) is 9.34 Å². The Labute approximate surface area is 158 Å². The monoisotopic (exact) mass is 412 g/mol. The Morgan fingerprint density at radius 2 is 2.00 bits per heavy atom. The lowest BCUT2D eigenvalue weighted by Crippen LogP contribution is -2.27. The van der Waals surface area contributed by atoms with Crippen molar-refractivity contribution in [1.29, 1.82) is 0 Å². The van der Waals surface area contributed by atoms with Gasteiger partial charge in [0.05, 0.1) is 10.2 Å². The number of amides is 1. The van der Waals surface area contributed by atoms with Gasteiger partial charge in [-0.15, -0.1) is 11.3 Å². The summed E-state index contributed by atoms with van der Waals surface area (Å²) in [6.07, 6.45) is -0.603. The molecule has 138 valence electrons. The van der Waals surface area contributed by atoms with Crippen LogP contribution in [0.1, 0.15) is 20.8 Å². The van der Waals surface area contributed by atoms with Crippen LogP contribution < -0.4 is 9.50 Å². The quantitative estimate of drug-likeness (QED) is 0.635. The van der Waals surface area contributed by atoms with E-state index in [9.17, 15) is 13.2 Å². The first-order chi connectivity index (χ1) is 12.1. The molecule has 2 aromatic heterocycles. The topological polar surface area (TPSA) is 94.6 Å². The molecule has 2 heterocycles. The summed E-state index contributed by atoms with van der Waals surface area (Å²) in [6, 6.07) is 7.84. The molecule has 3 aromatic rings. The molecule has 0 saturated carbocycles. The molecule has 1 N–H and O–H groups in total. The Bertz CT molecular complexity index is 1030. The van der Waals surface area contributed by atoms with E-state index in [0.29, 0.717) is 15.3 Å². The number of benzene rings is 1. The van der Waals surface area contributed by atoms with Gasteiger partial charge >= 0.3 is 16.2 Å². The second-order valence-corrected chi connectivity index (χ2v) is 10.00. The summed E-state index contributed by atoms with van der Waals surface area (Å²) in [4.78, 5) is 16.1. The minimum atomic E-state index is -3.86. The third-order valence-corrected chi connectivity index (χ3v) is 6.45. The average molecular weight is 413 g/mol. The molecule has 0 bridgehead atoms. The number of hydrogen-bond donors (Lipinski definition) is 1. The van der Waals surface area contributed by atoms with Gasteiger partial charge in [-0.1, -0.05) is 17.4 Å². The SMILES string of the molecule is CC(C)(C)OC(=O)Nc1nc2ccc(OS(=O)(=O)c3cccs3)cc2s1. The molecule has 26 heavy (non-hydrogen) atoms. The molecule has 0 radical (unpaired) electrons. The number of carbonyl (C=O) groups is 1. The number of fused-ring (bicyclic) bond motifs is 1. The maximum absolute atomic E-state index is 12.2. The third kappa shape index (κ3) is 4.51. The van der Waals surface area contributed by atoms with Crippen LogP contribution in [-0.2, 0) is 14.9 Å². The Balaban J connectivity index is 1.78. The van der Waals surface area contributed by atoms with Crippen LogP contribution in [0.15, 0.2) is 39.9 Å². The summed E-state index contributed by atoms with van der Waals surface area (Å²) in [6.45, 7) is 5.30. The Morgan fingerprint density at radius 1 is 1.23 bits per heavy atom. The van der Waals surface area contributed by atoms with Crippen LogP contribution in [-0.4, -0.2) is 25.1 Å². The summed E-state index contributed by atoms with van der Waals surface area (Å²) in [5, 5.41) is 4.58. The molecule has 0 atom stereocenters. The smallest absolute Gasteiger partial charge is 0.413 e. The second kappa shape index (κ2) is 6.86. The number of nitrogens with zero attached hydrogens (tertiary/aromatic N) is 1. The first kappa shape index (κ1) is 18.6. The van der Waals surface area contributed by atoms with E-state index in [1.54, 1.807) is 44.4 Å². The van der Waals surface area contributed by atoms with Crippen LogP contribution in [0.2, 0.25) is 0 Å². The van der Waals surface area contributed by atoms with E-state index in [1.165, 1.54) is 23.5 Å². The Morgan fingerprint density at radius 3 is 2.65 bits per heavy atom. The largest absolute Gasteiger partial charge is 0.444 e. The lowest BCUT2D eigenvalue weighted by atomic mass is 10.2. The normalized spacial score (nSPS) is 12.1. The van der Waals surface area contributed by atoms with E-state index in [-0.39, 0.29) is 9.96 Å². The number of carbonyl (C=O) groups excluding carboxylic acids is 1. The summed E-state index contributed by atoms with van der Waals surface area (Å²) in [5.74, 6) is 0.179. The Hall–Kier alpha value is -2.17. The molecule has 0 aliphatic heterocycles. The lowest BCUT2D eigenvalue weighted by Gasteiger charge is -2.18. The van der Waals surface area contributed by atoms with Crippen molar-refractivity contribution >= 4 is 54.2 Å². The second-order valence-electron chi connectivity index (χ2n) is 6.24. The molecule has 3 rings (SSSR count). The van der Waals surface area contributed by atoms with E-state index >= 15 is 0 Å². The molecular formula is C16H16N2O5S3. The van der Waals surface area contributed by atoms with Gasteiger partial charge in [-0.05, 0) is 44.4 Å². The van der Waals surface area contributed by atoms with Crippen LogP contribution in [0.5, 0.6) is 5.75 Å². The van der Waals surface area contributed by atoms with Crippen molar-refractivity contribution in [3.05, 3.63) is 35.7 Å². The fourth-order valence-electron chi connectivity index (χ4n) is 1.97. The molecule has 0 saturated heterocycles. The van der Waals surface area contributed by atoms with Gasteiger partial charge in [0, 0.05) is 6.07 Å². The number of thiazole rings is 1. The highest BCUT2D eigenvalue weighted by molar-refractivity contribution is 7.89. The first-order valence-corrected chi connectivity index (χ1v) is 10.6. The number of thiophene rings is 1. The number of rotatable bonds is 4. The summed E-state index contributed by atoms with van der Waals surface area (Å²) in [7, 11) is -3.86. The highest BCUT2D eigenvalue weighted by atomic mass is 32.3. The maximum Gasteiger partial charge on any atom is 0.413 e. The zero-order valence-corrected chi connectivity index (χ0v) is 16.6. The predicted octanol–water partition coefficient (Wildman–Crippen LogP) is 4.47.